The predicted octanol–water partition coefficient (Wildman–Crippen LogP) is 3.12. The molecule has 1 saturated carbocycles. The first kappa shape index (κ1) is 14.3. The number of pyridine rings is 1. The lowest BCUT2D eigenvalue weighted by Gasteiger charge is -2.39. The molecule has 0 atom stereocenters. The van der Waals surface area contributed by atoms with Gasteiger partial charge in [-0.2, -0.15) is 0 Å². The topological polar surface area (TPSA) is 42.1 Å². The van der Waals surface area contributed by atoms with E-state index in [1.807, 2.05) is 12.3 Å². The summed E-state index contributed by atoms with van der Waals surface area (Å²) in [6, 6.07) is 4.58. The number of aromatic nitrogens is 1. The summed E-state index contributed by atoms with van der Waals surface area (Å²) < 4.78 is 0. The van der Waals surface area contributed by atoms with Gasteiger partial charge in [0, 0.05) is 13.1 Å². The minimum Gasteiger partial charge on any atom is -0.388 e. The Hall–Kier alpha value is -1.16. The molecule has 1 fully saturated rings. The van der Waals surface area contributed by atoms with E-state index >= 15 is 0 Å². The van der Waals surface area contributed by atoms with Gasteiger partial charge in [0.15, 0.2) is 0 Å². The van der Waals surface area contributed by atoms with Gasteiger partial charge >= 0.3 is 0 Å². The summed E-state index contributed by atoms with van der Waals surface area (Å²) in [7, 11) is 2.15. The van der Waals surface area contributed by atoms with Gasteiger partial charge in [-0.1, -0.05) is 26.1 Å². The number of hydrogen-bond acceptors (Lipinski definition) is 3. The van der Waals surface area contributed by atoms with Crippen molar-refractivity contribution in [2.24, 2.45) is 11.1 Å². The number of nitrogens with two attached hydrogens (primary N) is 1. The van der Waals surface area contributed by atoms with Crippen molar-refractivity contribution in [3.05, 3.63) is 24.0 Å². The smallest absolute Gasteiger partial charge is 0.122 e. The molecule has 0 radical (unpaired) electrons. The van der Waals surface area contributed by atoms with Crippen molar-refractivity contribution in [3.63, 3.8) is 0 Å². The molecule has 0 aromatic carbocycles. The van der Waals surface area contributed by atoms with Crippen molar-refractivity contribution >= 4 is 22.9 Å². The molecule has 2 rings (SSSR count). The molecule has 0 aliphatic heterocycles. The summed E-state index contributed by atoms with van der Waals surface area (Å²) in [4.78, 5) is 7.01. The standard InChI is InChI=1S/C15H23N3S/c1-15(2)8-6-11(7-9-15)18(3)12-4-5-13(14(16)19)17-10-12/h4-5,10-11H,6-9H2,1-3H3,(H2,16,19). The van der Waals surface area contributed by atoms with Gasteiger partial charge in [-0.25, -0.2) is 0 Å². The Morgan fingerprint density at radius 1 is 1.37 bits per heavy atom. The highest BCUT2D eigenvalue weighted by Crippen LogP contribution is 2.37. The van der Waals surface area contributed by atoms with Gasteiger partial charge in [-0.3, -0.25) is 4.98 Å². The van der Waals surface area contributed by atoms with Crippen LogP contribution in [-0.4, -0.2) is 23.1 Å². The van der Waals surface area contributed by atoms with Gasteiger partial charge in [-0.05, 0) is 43.2 Å². The highest BCUT2D eigenvalue weighted by atomic mass is 32.1. The first-order valence-electron chi connectivity index (χ1n) is 6.88. The highest BCUT2D eigenvalue weighted by Gasteiger charge is 2.28. The molecular weight excluding hydrogens is 254 g/mol. The van der Waals surface area contributed by atoms with Gasteiger partial charge in [0.05, 0.1) is 17.6 Å². The molecule has 0 unspecified atom stereocenters. The largest absolute Gasteiger partial charge is 0.388 e. The van der Waals surface area contributed by atoms with Crippen molar-refractivity contribution in [1.29, 1.82) is 0 Å². The molecule has 1 aliphatic rings. The van der Waals surface area contributed by atoms with E-state index in [9.17, 15) is 0 Å². The van der Waals surface area contributed by atoms with Crippen LogP contribution in [0.4, 0.5) is 5.69 Å². The lowest BCUT2D eigenvalue weighted by atomic mass is 9.75. The van der Waals surface area contributed by atoms with Crippen molar-refractivity contribution in [2.45, 2.75) is 45.6 Å². The lowest BCUT2D eigenvalue weighted by Crippen LogP contribution is -2.37. The number of rotatable bonds is 3. The minimum absolute atomic E-state index is 0.355. The maximum Gasteiger partial charge on any atom is 0.122 e. The quantitative estimate of drug-likeness (QED) is 0.862. The number of anilines is 1. The number of thiocarbonyl (C=S) groups is 1. The van der Waals surface area contributed by atoms with E-state index in [4.69, 9.17) is 18.0 Å². The molecule has 19 heavy (non-hydrogen) atoms. The third-order valence-electron chi connectivity index (χ3n) is 4.26. The van der Waals surface area contributed by atoms with Crippen LogP contribution >= 0.6 is 12.2 Å². The molecular formula is C15H23N3S. The van der Waals surface area contributed by atoms with Gasteiger partial charge in [0.25, 0.3) is 0 Å². The second-order valence-corrected chi connectivity index (χ2v) is 6.71. The third-order valence-corrected chi connectivity index (χ3v) is 4.47. The SMILES string of the molecule is CN(c1ccc(C(N)=S)nc1)C1CCC(C)(C)CC1. The van der Waals surface area contributed by atoms with E-state index in [1.54, 1.807) is 0 Å². The third kappa shape index (κ3) is 3.44. The van der Waals surface area contributed by atoms with E-state index in [1.165, 1.54) is 25.7 Å². The van der Waals surface area contributed by atoms with E-state index in [0.717, 1.165) is 5.69 Å². The molecule has 2 N–H and O–H groups in total. The summed E-state index contributed by atoms with van der Waals surface area (Å²) >= 11 is 4.92. The van der Waals surface area contributed by atoms with Crippen molar-refractivity contribution in [1.82, 2.24) is 4.98 Å². The van der Waals surface area contributed by atoms with E-state index in [0.29, 0.717) is 22.1 Å². The molecule has 1 aliphatic carbocycles. The zero-order valence-corrected chi connectivity index (χ0v) is 12.8. The van der Waals surface area contributed by atoms with Gasteiger partial charge in [-0.15, -0.1) is 0 Å². The van der Waals surface area contributed by atoms with Crippen molar-refractivity contribution in [3.8, 4) is 0 Å². The number of hydrogen-bond donors (Lipinski definition) is 1. The first-order valence-corrected chi connectivity index (χ1v) is 7.28. The first-order chi connectivity index (χ1) is 8.89. The summed E-state index contributed by atoms with van der Waals surface area (Å²) in [6.45, 7) is 4.73. The second-order valence-electron chi connectivity index (χ2n) is 6.27. The summed E-state index contributed by atoms with van der Waals surface area (Å²) in [5.74, 6) is 0. The van der Waals surface area contributed by atoms with Gasteiger partial charge < -0.3 is 10.6 Å². The van der Waals surface area contributed by atoms with Crippen LogP contribution in [0, 0.1) is 5.41 Å². The van der Waals surface area contributed by atoms with Crippen LogP contribution in [-0.2, 0) is 0 Å². The molecule has 0 bridgehead atoms. The molecule has 1 heterocycles. The Kier molecular flexibility index (Phi) is 4.09. The Labute approximate surface area is 121 Å². The Bertz CT molecular complexity index is 443. The molecule has 0 spiro atoms. The summed E-state index contributed by atoms with van der Waals surface area (Å²) in [5, 5.41) is 0. The van der Waals surface area contributed by atoms with Crippen LogP contribution in [0.5, 0.6) is 0 Å². The average molecular weight is 277 g/mol. The average Bonchev–Trinajstić information content (AvgIpc) is 2.38. The van der Waals surface area contributed by atoms with Crippen LogP contribution in [0.1, 0.15) is 45.2 Å². The lowest BCUT2D eigenvalue weighted by molar-refractivity contribution is 0.222. The van der Waals surface area contributed by atoms with Crippen LogP contribution in [0.15, 0.2) is 18.3 Å². The summed E-state index contributed by atoms with van der Waals surface area (Å²) in [6.07, 6.45) is 6.95. The zero-order chi connectivity index (χ0) is 14.0. The van der Waals surface area contributed by atoms with E-state index < -0.39 is 0 Å². The minimum atomic E-state index is 0.355. The molecule has 1 aromatic heterocycles. The second kappa shape index (κ2) is 5.45. The van der Waals surface area contributed by atoms with Crippen LogP contribution in [0.25, 0.3) is 0 Å². The molecule has 1 aromatic rings. The monoisotopic (exact) mass is 277 g/mol. The van der Waals surface area contributed by atoms with Gasteiger partial charge in [0.2, 0.25) is 0 Å². The van der Waals surface area contributed by atoms with E-state index in [2.05, 4.69) is 36.8 Å². The Morgan fingerprint density at radius 3 is 2.47 bits per heavy atom. The summed E-state index contributed by atoms with van der Waals surface area (Å²) in [5.41, 5.74) is 7.91. The molecule has 104 valence electrons. The molecule has 0 amide bonds. The number of nitrogens with zero attached hydrogens (tertiary/aromatic N) is 2. The van der Waals surface area contributed by atoms with Crippen LogP contribution < -0.4 is 10.6 Å². The maximum absolute atomic E-state index is 5.57. The van der Waals surface area contributed by atoms with Gasteiger partial charge in [0.1, 0.15) is 4.99 Å². The molecule has 3 nitrogen and oxygen atoms in total. The fraction of sp³-hybridized carbons (Fsp3) is 0.600. The maximum atomic E-state index is 5.57. The molecule has 0 saturated heterocycles. The Balaban J connectivity index is 2.03. The fourth-order valence-corrected chi connectivity index (χ4v) is 2.84. The predicted molar refractivity (Wildman–Crippen MR) is 84.6 cm³/mol. The van der Waals surface area contributed by atoms with E-state index in [-0.39, 0.29) is 0 Å². The molecule has 4 heteroatoms. The fourth-order valence-electron chi connectivity index (χ4n) is 2.72. The van der Waals surface area contributed by atoms with Crippen molar-refractivity contribution in [2.75, 3.05) is 11.9 Å². The van der Waals surface area contributed by atoms with Crippen molar-refractivity contribution < 1.29 is 0 Å². The highest BCUT2D eigenvalue weighted by molar-refractivity contribution is 7.80. The van der Waals surface area contributed by atoms with Crippen LogP contribution in [0.3, 0.4) is 0 Å². The normalized spacial score (nSPS) is 19.1. The Morgan fingerprint density at radius 2 is 2.00 bits per heavy atom. The zero-order valence-electron chi connectivity index (χ0n) is 12.0. The van der Waals surface area contributed by atoms with Crippen LogP contribution in [0.2, 0.25) is 0 Å².